The molecule has 0 aromatic heterocycles. The molecule has 0 fully saturated rings. The van der Waals surface area contributed by atoms with Crippen LogP contribution >= 0.6 is 0 Å². The Balaban J connectivity index is 1.88. The Labute approximate surface area is 131 Å². The van der Waals surface area contributed by atoms with Crippen molar-refractivity contribution in [2.45, 2.75) is 90.1 Å². The minimum atomic E-state index is 0.606. The maximum atomic E-state index is 3.99. The molecule has 1 aromatic carbocycles. The monoisotopic (exact) mass is 287 g/mol. The number of hydrogen-bond donors (Lipinski definition) is 1. The molecule has 1 aromatic rings. The van der Waals surface area contributed by atoms with Gasteiger partial charge in [0.2, 0.25) is 0 Å². The summed E-state index contributed by atoms with van der Waals surface area (Å²) < 4.78 is 0. The molecule has 0 saturated carbocycles. The SMILES string of the molecule is CCCCCC(CCCCC)NC1CCc2ccccc21. The van der Waals surface area contributed by atoms with Gasteiger partial charge < -0.3 is 5.32 Å². The van der Waals surface area contributed by atoms with E-state index >= 15 is 0 Å². The average Bonchev–Trinajstić information content (AvgIpc) is 2.91. The Morgan fingerprint density at radius 1 is 1.00 bits per heavy atom. The molecule has 1 unspecified atom stereocenters. The normalized spacial score (nSPS) is 17.4. The van der Waals surface area contributed by atoms with Crippen molar-refractivity contribution < 1.29 is 0 Å². The third-order valence-electron chi connectivity index (χ3n) is 4.88. The number of fused-ring (bicyclic) bond motifs is 1. The molecular formula is C20H33N. The zero-order valence-electron chi connectivity index (χ0n) is 14.0. The van der Waals surface area contributed by atoms with Crippen molar-refractivity contribution in [3.05, 3.63) is 35.4 Å². The van der Waals surface area contributed by atoms with Gasteiger partial charge in [0.05, 0.1) is 0 Å². The van der Waals surface area contributed by atoms with Crippen molar-refractivity contribution in [1.29, 1.82) is 0 Å². The van der Waals surface area contributed by atoms with Crippen molar-refractivity contribution in [1.82, 2.24) is 5.32 Å². The molecule has 1 N–H and O–H groups in total. The molecule has 1 heteroatoms. The van der Waals surface area contributed by atoms with Crippen LogP contribution in [-0.2, 0) is 6.42 Å². The molecule has 1 aliphatic rings. The Hall–Kier alpha value is -0.820. The fourth-order valence-electron chi connectivity index (χ4n) is 3.61. The molecule has 0 amide bonds. The van der Waals surface area contributed by atoms with Gasteiger partial charge in [-0.25, -0.2) is 0 Å². The molecule has 0 radical (unpaired) electrons. The second-order valence-corrected chi connectivity index (χ2v) is 6.65. The summed E-state index contributed by atoms with van der Waals surface area (Å²) >= 11 is 0. The highest BCUT2D eigenvalue weighted by Crippen LogP contribution is 2.31. The van der Waals surface area contributed by atoms with E-state index in [1.807, 2.05) is 0 Å². The maximum Gasteiger partial charge on any atom is 0.0328 e. The van der Waals surface area contributed by atoms with Gasteiger partial charge in [0.25, 0.3) is 0 Å². The van der Waals surface area contributed by atoms with Gasteiger partial charge in [-0.15, -0.1) is 0 Å². The predicted octanol–water partition coefficient (Wildman–Crippen LogP) is 5.79. The number of nitrogens with one attached hydrogen (secondary N) is 1. The summed E-state index contributed by atoms with van der Waals surface area (Å²) in [6, 6.07) is 10.3. The second-order valence-electron chi connectivity index (χ2n) is 6.65. The van der Waals surface area contributed by atoms with Crippen LogP contribution in [0.4, 0.5) is 0 Å². The van der Waals surface area contributed by atoms with Crippen LogP contribution < -0.4 is 5.32 Å². The Morgan fingerprint density at radius 2 is 1.67 bits per heavy atom. The largest absolute Gasteiger partial charge is 0.307 e. The molecular weight excluding hydrogens is 254 g/mol. The first-order valence-corrected chi connectivity index (χ1v) is 9.19. The van der Waals surface area contributed by atoms with E-state index in [9.17, 15) is 0 Å². The highest BCUT2D eigenvalue weighted by Gasteiger charge is 2.23. The van der Waals surface area contributed by atoms with Crippen LogP contribution in [0.5, 0.6) is 0 Å². The van der Waals surface area contributed by atoms with Gasteiger partial charge in [-0.3, -0.25) is 0 Å². The van der Waals surface area contributed by atoms with E-state index in [4.69, 9.17) is 0 Å². The Bertz CT molecular complexity index is 389. The standard InChI is InChI=1S/C20H33N/c1-3-5-7-12-18(13-8-6-4-2)21-20-16-15-17-11-9-10-14-19(17)20/h9-11,14,18,20-21H,3-8,12-13,15-16H2,1-2H3. The lowest BCUT2D eigenvalue weighted by molar-refractivity contribution is 0.371. The fraction of sp³-hybridized carbons (Fsp3) is 0.700. The van der Waals surface area contributed by atoms with E-state index < -0.39 is 0 Å². The molecule has 1 aliphatic carbocycles. The minimum absolute atomic E-state index is 0.606. The van der Waals surface area contributed by atoms with Crippen molar-refractivity contribution in [2.24, 2.45) is 0 Å². The smallest absolute Gasteiger partial charge is 0.0328 e. The van der Waals surface area contributed by atoms with E-state index in [-0.39, 0.29) is 0 Å². The van der Waals surface area contributed by atoms with Crippen LogP contribution in [-0.4, -0.2) is 6.04 Å². The molecule has 0 heterocycles. The number of hydrogen-bond acceptors (Lipinski definition) is 1. The second kappa shape index (κ2) is 9.25. The summed E-state index contributed by atoms with van der Waals surface area (Å²) in [6.45, 7) is 4.60. The molecule has 0 aliphatic heterocycles. The summed E-state index contributed by atoms with van der Waals surface area (Å²) in [5, 5.41) is 3.99. The maximum absolute atomic E-state index is 3.99. The van der Waals surface area contributed by atoms with Crippen LogP contribution in [0.25, 0.3) is 0 Å². The van der Waals surface area contributed by atoms with Crippen LogP contribution in [0.15, 0.2) is 24.3 Å². The van der Waals surface area contributed by atoms with E-state index in [0.717, 1.165) is 6.04 Å². The van der Waals surface area contributed by atoms with E-state index in [1.54, 1.807) is 11.1 Å². The molecule has 1 atom stereocenters. The van der Waals surface area contributed by atoms with Crippen LogP contribution in [0.3, 0.4) is 0 Å². The van der Waals surface area contributed by atoms with E-state index in [0.29, 0.717) is 6.04 Å². The van der Waals surface area contributed by atoms with E-state index in [1.165, 1.54) is 64.2 Å². The van der Waals surface area contributed by atoms with E-state index in [2.05, 4.69) is 43.4 Å². The first-order valence-electron chi connectivity index (χ1n) is 9.19. The molecule has 2 rings (SSSR count). The molecule has 0 bridgehead atoms. The topological polar surface area (TPSA) is 12.0 Å². The molecule has 0 saturated heterocycles. The number of benzene rings is 1. The fourth-order valence-corrected chi connectivity index (χ4v) is 3.61. The van der Waals surface area contributed by atoms with Crippen molar-refractivity contribution in [3.63, 3.8) is 0 Å². The number of aryl methyl sites for hydroxylation is 1. The lowest BCUT2D eigenvalue weighted by atomic mass is 9.99. The minimum Gasteiger partial charge on any atom is -0.307 e. The zero-order chi connectivity index (χ0) is 14.9. The Kier molecular flexibility index (Phi) is 7.29. The van der Waals surface area contributed by atoms with Crippen LogP contribution in [0, 0.1) is 0 Å². The van der Waals surface area contributed by atoms with Gasteiger partial charge in [-0.05, 0) is 36.8 Å². The van der Waals surface area contributed by atoms with Crippen molar-refractivity contribution >= 4 is 0 Å². The molecule has 118 valence electrons. The lowest BCUT2D eigenvalue weighted by Crippen LogP contribution is -2.32. The van der Waals surface area contributed by atoms with Gasteiger partial charge in [-0.2, -0.15) is 0 Å². The van der Waals surface area contributed by atoms with Crippen LogP contribution in [0.2, 0.25) is 0 Å². The zero-order valence-corrected chi connectivity index (χ0v) is 14.0. The van der Waals surface area contributed by atoms with Crippen LogP contribution in [0.1, 0.15) is 88.8 Å². The highest BCUT2D eigenvalue weighted by molar-refractivity contribution is 5.34. The predicted molar refractivity (Wildman–Crippen MR) is 92.7 cm³/mol. The first-order chi connectivity index (χ1) is 10.3. The number of rotatable bonds is 10. The average molecular weight is 287 g/mol. The molecule has 0 spiro atoms. The summed E-state index contributed by atoms with van der Waals surface area (Å²) in [5.74, 6) is 0. The molecule has 21 heavy (non-hydrogen) atoms. The van der Waals surface area contributed by atoms with Gasteiger partial charge in [0.15, 0.2) is 0 Å². The highest BCUT2D eigenvalue weighted by atomic mass is 15.0. The summed E-state index contributed by atoms with van der Waals surface area (Å²) in [4.78, 5) is 0. The van der Waals surface area contributed by atoms with Crippen molar-refractivity contribution in [3.8, 4) is 0 Å². The quantitative estimate of drug-likeness (QED) is 0.537. The Morgan fingerprint density at radius 3 is 2.33 bits per heavy atom. The summed E-state index contributed by atoms with van der Waals surface area (Å²) in [6.07, 6.45) is 13.4. The van der Waals surface area contributed by atoms with Crippen molar-refractivity contribution in [2.75, 3.05) is 0 Å². The van der Waals surface area contributed by atoms with Gasteiger partial charge >= 0.3 is 0 Å². The molecule has 1 nitrogen and oxygen atoms in total. The summed E-state index contributed by atoms with van der Waals surface area (Å²) in [5.41, 5.74) is 3.13. The third-order valence-corrected chi connectivity index (χ3v) is 4.88. The number of unbranched alkanes of at least 4 members (excludes halogenated alkanes) is 4. The lowest BCUT2D eigenvalue weighted by Gasteiger charge is -2.24. The summed E-state index contributed by atoms with van der Waals surface area (Å²) in [7, 11) is 0. The third kappa shape index (κ3) is 5.14. The first kappa shape index (κ1) is 16.5. The van der Waals surface area contributed by atoms with Gasteiger partial charge in [-0.1, -0.05) is 76.6 Å². The van der Waals surface area contributed by atoms with Gasteiger partial charge in [0, 0.05) is 12.1 Å². The van der Waals surface area contributed by atoms with Gasteiger partial charge in [0.1, 0.15) is 0 Å².